The monoisotopic (exact) mass is 359 g/mol. The summed E-state index contributed by atoms with van der Waals surface area (Å²) < 4.78 is 24.3. The minimum absolute atomic E-state index is 0.179. The molecule has 2 N–H and O–H groups in total. The maximum atomic E-state index is 13.1. The number of nitrogens with one attached hydrogen (secondary N) is 2. The van der Waals surface area contributed by atoms with Gasteiger partial charge >= 0.3 is 0 Å². The van der Waals surface area contributed by atoms with Crippen molar-refractivity contribution in [2.45, 2.75) is 20.4 Å². The Morgan fingerprint density at radius 3 is 2.73 bits per heavy atom. The van der Waals surface area contributed by atoms with Gasteiger partial charge in [-0.2, -0.15) is 0 Å². The van der Waals surface area contributed by atoms with Crippen LogP contribution in [0.25, 0.3) is 11.5 Å². The van der Waals surface area contributed by atoms with Gasteiger partial charge in [0.2, 0.25) is 0 Å². The Bertz CT molecular complexity index is 919. The molecule has 1 aromatic carbocycles. The van der Waals surface area contributed by atoms with Gasteiger partial charge in [-0.25, -0.2) is 4.39 Å². The number of nitrogens with zero attached hydrogens (tertiary/aromatic N) is 2. The Balaban J connectivity index is 1.57. The van der Waals surface area contributed by atoms with Gasteiger partial charge in [0.15, 0.2) is 13.1 Å². The number of benzene rings is 1. The molecule has 0 saturated heterocycles. The van der Waals surface area contributed by atoms with Gasteiger partial charge in [-0.15, -0.1) is 10.2 Å². The number of halogens is 1. The molecule has 0 aliphatic carbocycles. The molecule has 7 nitrogen and oxygen atoms in total. The molecule has 2 aromatic heterocycles. The number of hydrogen-bond donors (Lipinski definition) is 2. The zero-order valence-electron chi connectivity index (χ0n) is 14.8. The highest BCUT2D eigenvalue weighted by Crippen LogP contribution is 2.25. The molecule has 0 saturated carbocycles. The molecular formula is C18H20FN4O3+. The molecule has 1 atom stereocenters. The van der Waals surface area contributed by atoms with E-state index in [1.807, 2.05) is 27.0 Å². The third kappa shape index (κ3) is 4.34. The third-order valence-electron chi connectivity index (χ3n) is 3.76. The van der Waals surface area contributed by atoms with Gasteiger partial charge in [0, 0.05) is 5.69 Å². The SMILES string of the molecule is Cc1cc(-c2nnc(C[NH+](C)CC(=O)Nc3cccc(F)c3)o2)c(C)o1. The van der Waals surface area contributed by atoms with Gasteiger partial charge in [0.05, 0.1) is 12.6 Å². The van der Waals surface area contributed by atoms with Crippen molar-refractivity contribution in [1.82, 2.24) is 10.2 Å². The van der Waals surface area contributed by atoms with E-state index in [1.54, 1.807) is 12.1 Å². The van der Waals surface area contributed by atoms with Crippen LogP contribution in [0.3, 0.4) is 0 Å². The largest absolute Gasteiger partial charge is 0.466 e. The van der Waals surface area contributed by atoms with Crippen LogP contribution in [0.2, 0.25) is 0 Å². The number of aryl methyl sites for hydroxylation is 2. The molecule has 0 spiro atoms. The molecule has 3 aromatic rings. The molecule has 2 heterocycles. The normalized spacial score (nSPS) is 12.2. The van der Waals surface area contributed by atoms with Crippen LogP contribution in [0.1, 0.15) is 17.4 Å². The zero-order valence-corrected chi connectivity index (χ0v) is 14.8. The maximum Gasteiger partial charge on any atom is 0.279 e. The summed E-state index contributed by atoms with van der Waals surface area (Å²) >= 11 is 0. The number of carbonyl (C=O) groups is 1. The molecule has 0 aliphatic heterocycles. The van der Waals surface area contributed by atoms with Crippen molar-refractivity contribution in [1.29, 1.82) is 0 Å². The molecule has 8 heteroatoms. The average Bonchev–Trinajstić information content (AvgIpc) is 3.12. The summed E-state index contributed by atoms with van der Waals surface area (Å²) in [6, 6.07) is 7.61. The highest BCUT2D eigenvalue weighted by molar-refractivity contribution is 5.91. The minimum atomic E-state index is -0.397. The van der Waals surface area contributed by atoms with Crippen LogP contribution >= 0.6 is 0 Å². The van der Waals surface area contributed by atoms with Crippen LogP contribution < -0.4 is 10.2 Å². The predicted octanol–water partition coefficient (Wildman–Crippen LogP) is 1.74. The highest BCUT2D eigenvalue weighted by atomic mass is 19.1. The number of quaternary nitrogens is 1. The van der Waals surface area contributed by atoms with Crippen molar-refractivity contribution in [3.8, 4) is 11.5 Å². The topological polar surface area (TPSA) is 85.6 Å². The van der Waals surface area contributed by atoms with E-state index in [2.05, 4.69) is 15.5 Å². The van der Waals surface area contributed by atoms with Crippen molar-refractivity contribution in [2.24, 2.45) is 0 Å². The van der Waals surface area contributed by atoms with Gasteiger partial charge in [-0.05, 0) is 38.1 Å². The van der Waals surface area contributed by atoms with Gasteiger partial charge in [0.25, 0.3) is 17.7 Å². The number of hydrogen-bond acceptors (Lipinski definition) is 5. The Morgan fingerprint density at radius 1 is 1.23 bits per heavy atom. The zero-order chi connectivity index (χ0) is 18.7. The second kappa shape index (κ2) is 7.49. The van der Waals surface area contributed by atoms with E-state index in [4.69, 9.17) is 8.83 Å². The first kappa shape index (κ1) is 17.8. The number of likely N-dealkylation sites (N-methyl/N-ethyl adjacent to an activating group) is 1. The Hall–Kier alpha value is -3.00. The van der Waals surface area contributed by atoms with Gasteiger partial charge in [0.1, 0.15) is 17.3 Å². The molecule has 0 aliphatic rings. The van der Waals surface area contributed by atoms with Crippen LogP contribution in [-0.4, -0.2) is 29.7 Å². The first-order chi connectivity index (χ1) is 12.4. The number of aromatic nitrogens is 2. The quantitative estimate of drug-likeness (QED) is 0.700. The van der Waals surface area contributed by atoms with Crippen molar-refractivity contribution in [3.63, 3.8) is 0 Å². The fourth-order valence-electron chi connectivity index (χ4n) is 2.64. The molecule has 136 valence electrons. The Kier molecular flexibility index (Phi) is 5.13. The molecule has 26 heavy (non-hydrogen) atoms. The highest BCUT2D eigenvalue weighted by Gasteiger charge is 2.18. The third-order valence-corrected chi connectivity index (χ3v) is 3.76. The average molecular weight is 359 g/mol. The van der Waals surface area contributed by atoms with Crippen LogP contribution in [0, 0.1) is 19.7 Å². The molecule has 0 radical (unpaired) electrons. The molecule has 1 amide bonds. The van der Waals surface area contributed by atoms with Crippen LogP contribution in [0.4, 0.5) is 10.1 Å². The van der Waals surface area contributed by atoms with Crippen molar-refractivity contribution in [3.05, 3.63) is 53.6 Å². The molecule has 0 fully saturated rings. The number of furan rings is 1. The van der Waals surface area contributed by atoms with Crippen LogP contribution in [0.15, 0.2) is 39.2 Å². The minimum Gasteiger partial charge on any atom is -0.466 e. The van der Waals surface area contributed by atoms with Crippen molar-refractivity contribution < 1.29 is 22.9 Å². The predicted molar refractivity (Wildman–Crippen MR) is 92.0 cm³/mol. The van der Waals surface area contributed by atoms with E-state index < -0.39 is 5.82 Å². The van der Waals surface area contributed by atoms with E-state index in [9.17, 15) is 9.18 Å². The first-order valence-corrected chi connectivity index (χ1v) is 8.17. The fraction of sp³-hybridized carbons (Fsp3) is 0.278. The van der Waals surface area contributed by atoms with E-state index in [0.717, 1.165) is 16.2 Å². The van der Waals surface area contributed by atoms with E-state index in [0.29, 0.717) is 29.8 Å². The first-order valence-electron chi connectivity index (χ1n) is 8.17. The lowest BCUT2D eigenvalue weighted by Crippen LogP contribution is -3.08. The van der Waals surface area contributed by atoms with Gasteiger partial charge in [-0.3, -0.25) is 4.79 Å². The second-order valence-electron chi connectivity index (χ2n) is 6.20. The Labute approximate surface area is 149 Å². The lowest BCUT2D eigenvalue weighted by atomic mass is 10.2. The summed E-state index contributed by atoms with van der Waals surface area (Å²) in [5.74, 6) is 1.68. The fourth-order valence-corrected chi connectivity index (χ4v) is 2.64. The van der Waals surface area contributed by atoms with E-state index >= 15 is 0 Å². The standard InChI is InChI=1S/C18H19FN4O3/c1-11-7-15(12(2)25-11)18-22-21-17(26-18)10-23(3)9-16(24)20-14-6-4-5-13(19)8-14/h4-8H,9-10H2,1-3H3,(H,20,24)/p+1. The lowest BCUT2D eigenvalue weighted by Gasteiger charge is -2.11. The summed E-state index contributed by atoms with van der Waals surface area (Å²) in [5.41, 5.74) is 1.19. The molecule has 0 bridgehead atoms. The summed E-state index contributed by atoms with van der Waals surface area (Å²) in [6.45, 7) is 4.25. The lowest BCUT2D eigenvalue weighted by molar-refractivity contribution is -0.886. The Morgan fingerprint density at radius 2 is 2.04 bits per heavy atom. The summed E-state index contributed by atoms with van der Waals surface area (Å²) in [5, 5.41) is 10.7. The van der Waals surface area contributed by atoms with E-state index in [1.165, 1.54) is 12.1 Å². The second-order valence-corrected chi connectivity index (χ2v) is 6.20. The molecule has 3 rings (SSSR count). The summed E-state index contributed by atoms with van der Waals surface area (Å²) in [4.78, 5) is 12.9. The van der Waals surface area contributed by atoms with Crippen molar-refractivity contribution >= 4 is 11.6 Å². The smallest absolute Gasteiger partial charge is 0.279 e. The number of carbonyl (C=O) groups excluding carboxylic acids is 1. The van der Waals surface area contributed by atoms with E-state index in [-0.39, 0.29) is 12.5 Å². The summed E-state index contributed by atoms with van der Waals surface area (Å²) in [6.07, 6.45) is 0. The van der Waals surface area contributed by atoms with Crippen LogP contribution in [0.5, 0.6) is 0 Å². The number of amides is 1. The van der Waals surface area contributed by atoms with Crippen molar-refractivity contribution in [2.75, 3.05) is 18.9 Å². The van der Waals surface area contributed by atoms with Crippen LogP contribution in [-0.2, 0) is 11.3 Å². The molecule has 1 unspecified atom stereocenters. The summed E-state index contributed by atoms with van der Waals surface area (Å²) in [7, 11) is 1.84. The molecular weight excluding hydrogens is 339 g/mol. The number of anilines is 1. The maximum absolute atomic E-state index is 13.1. The van der Waals surface area contributed by atoms with Gasteiger partial charge < -0.3 is 19.1 Å². The van der Waals surface area contributed by atoms with Gasteiger partial charge in [-0.1, -0.05) is 6.07 Å². The number of rotatable bonds is 6.